The second-order valence-electron chi connectivity index (χ2n) is 4.81. The Labute approximate surface area is 135 Å². The van der Waals surface area contributed by atoms with Gasteiger partial charge >= 0.3 is 0 Å². The van der Waals surface area contributed by atoms with Gasteiger partial charge in [0, 0.05) is 22.7 Å². The van der Waals surface area contributed by atoms with Crippen molar-refractivity contribution in [2.45, 2.75) is 32.7 Å². The van der Waals surface area contributed by atoms with Crippen molar-refractivity contribution in [1.82, 2.24) is 10.3 Å². The average molecular weight is 375 g/mol. The Balaban J connectivity index is 2.29. The molecule has 0 aliphatic heterocycles. The fraction of sp³-hybridized carbons (Fsp3) is 0.400. The largest absolute Gasteiger partial charge is 0.309 e. The van der Waals surface area contributed by atoms with Crippen LogP contribution in [0, 0.1) is 18.6 Å². The molecule has 1 unspecified atom stereocenters. The van der Waals surface area contributed by atoms with Crippen molar-refractivity contribution in [2.75, 3.05) is 6.54 Å². The van der Waals surface area contributed by atoms with Crippen LogP contribution >= 0.6 is 27.3 Å². The maximum Gasteiger partial charge on any atom is 0.143 e. The van der Waals surface area contributed by atoms with Crippen molar-refractivity contribution in [3.05, 3.63) is 49.9 Å². The molecule has 0 fully saturated rings. The molecular weight excluding hydrogens is 358 g/mol. The highest BCUT2D eigenvalue weighted by Gasteiger charge is 2.20. The molecule has 1 N–H and O–H groups in total. The molecule has 2 nitrogen and oxygen atoms in total. The maximum absolute atomic E-state index is 14.1. The number of hydrogen-bond donors (Lipinski definition) is 1. The van der Waals surface area contributed by atoms with Crippen LogP contribution in [0.3, 0.4) is 0 Å². The summed E-state index contributed by atoms with van der Waals surface area (Å²) in [5.41, 5.74) is 0.101. The molecule has 2 rings (SSSR count). The highest BCUT2D eigenvalue weighted by Crippen LogP contribution is 2.28. The fourth-order valence-electron chi connectivity index (χ4n) is 2.09. The van der Waals surface area contributed by atoms with E-state index in [0.717, 1.165) is 22.9 Å². The fourth-order valence-corrected chi connectivity index (χ4v) is 3.32. The van der Waals surface area contributed by atoms with E-state index >= 15 is 0 Å². The molecule has 21 heavy (non-hydrogen) atoms. The van der Waals surface area contributed by atoms with Crippen LogP contribution in [0.25, 0.3) is 0 Å². The molecule has 2 aromatic rings. The lowest BCUT2D eigenvalue weighted by Crippen LogP contribution is -2.24. The van der Waals surface area contributed by atoms with Gasteiger partial charge in [-0.15, -0.1) is 11.3 Å². The lowest BCUT2D eigenvalue weighted by molar-refractivity contribution is 0.492. The van der Waals surface area contributed by atoms with E-state index < -0.39 is 11.6 Å². The van der Waals surface area contributed by atoms with Gasteiger partial charge < -0.3 is 5.32 Å². The SMILES string of the molecule is CCCNC(Cc1c(F)ccc(Br)c1F)c1cnc(C)s1. The highest BCUT2D eigenvalue weighted by atomic mass is 79.9. The van der Waals surface area contributed by atoms with E-state index in [-0.39, 0.29) is 22.5 Å². The van der Waals surface area contributed by atoms with Crippen molar-refractivity contribution in [1.29, 1.82) is 0 Å². The van der Waals surface area contributed by atoms with Gasteiger partial charge in [0.15, 0.2) is 0 Å². The molecule has 1 aromatic carbocycles. The Hall–Kier alpha value is -0.850. The molecule has 0 amide bonds. The van der Waals surface area contributed by atoms with Crippen molar-refractivity contribution < 1.29 is 8.78 Å². The number of hydrogen-bond acceptors (Lipinski definition) is 3. The topological polar surface area (TPSA) is 24.9 Å². The summed E-state index contributed by atoms with van der Waals surface area (Å²) in [5.74, 6) is -1.04. The first kappa shape index (κ1) is 16.5. The first-order chi connectivity index (χ1) is 10.0. The zero-order valence-corrected chi connectivity index (χ0v) is 14.3. The summed E-state index contributed by atoms with van der Waals surface area (Å²) >= 11 is 4.66. The van der Waals surface area contributed by atoms with E-state index in [0.29, 0.717) is 0 Å². The third kappa shape index (κ3) is 4.08. The molecular formula is C15H17BrF2N2S. The first-order valence-electron chi connectivity index (χ1n) is 6.81. The van der Waals surface area contributed by atoms with Gasteiger partial charge in [0.25, 0.3) is 0 Å². The van der Waals surface area contributed by atoms with Gasteiger partial charge in [-0.3, -0.25) is 0 Å². The molecule has 6 heteroatoms. The van der Waals surface area contributed by atoms with Crippen molar-refractivity contribution in [3.63, 3.8) is 0 Å². The number of benzene rings is 1. The summed E-state index contributed by atoms with van der Waals surface area (Å²) < 4.78 is 28.4. The number of rotatable bonds is 6. The lowest BCUT2D eigenvalue weighted by Gasteiger charge is -2.18. The summed E-state index contributed by atoms with van der Waals surface area (Å²) in [7, 11) is 0. The Bertz CT molecular complexity index is 616. The van der Waals surface area contributed by atoms with Crippen molar-refractivity contribution in [2.24, 2.45) is 0 Å². The number of aromatic nitrogens is 1. The molecule has 0 radical (unpaired) electrons. The van der Waals surface area contributed by atoms with Gasteiger partial charge in [-0.25, -0.2) is 13.8 Å². The third-order valence-electron chi connectivity index (χ3n) is 3.17. The summed E-state index contributed by atoms with van der Waals surface area (Å²) in [4.78, 5) is 5.23. The molecule has 0 saturated heterocycles. The summed E-state index contributed by atoms with van der Waals surface area (Å²) in [6.45, 7) is 4.77. The second-order valence-corrected chi connectivity index (χ2v) is 6.93. The smallest absolute Gasteiger partial charge is 0.143 e. The molecule has 1 aromatic heterocycles. The van der Waals surface area contributed by atoms with E-state index in [2.05, 4.69) is 33.2 Å². The number of halogens is 3. The van der Waals surface area contributed by atoms with Crippen molar-refractivity contribution >= 4 is 27.3 Å². The number of aryl methyl sites for hydroxylation is 1. The van der Waals surface area contributed by atoms with Crippen LogP contribution in [-0.2, 0) is 6.42 Å². The molecule has 0 aliphatic carbocycles. The summed E-state index contributed by atoms with van der Waals surface area (Å²) in [6.07, 6.45) is 3.00. The second kappa shape index (κ2) is 7.42. The van der Waals surface area contributed by atoms with Crippen LogP contribution in [-0.4, -0.2) is 11.5 Å². The summed E-state index contributed by atoms with van der Waals surface area (Å²) in [5, 5.41) is 4.29. The molecule has 0 saturated carbocycles. The Morgan fingerprint density at radius 2 is 2.14 bits per heavy atom. The molecule has 114 valence electrons. The quantitative estimate of drug-likeness (QED) is 0.736. The lowest BCUT2D eigenvalue weighted by atomic mass is 10.0. The predicted molar refractivity (Wildman–Crippen MR) is 85.6 cm³/mol. The molecule has 0 aliphatic rings. The van der Waals surface area contributed by atoms with E-state index in [1.165, 1.54) is 12.1 Å². The molecule has 1 heterocycles. The first-order valence-corrected chi connectivity index (χ1v) is 8.42. The van der Waals surface area contributed by atoms with Crippen LogP contribution in [0.2, 0.25) is 0 Å². The third-order valence-corrected chi connectivity index (χ3v) is 4.81. The zero-order chi connectivity index (χ0) is 15.4. The minimum Gasteiger partial charge on any atom is -0.309 e. The van der Waals surface area contributed by atoms with E-state index in [9.17, 15) is 8.78 Å². The van der Waals surface area contributed by atoms with Crippen LogP contribution in [0.15, 0.2) is 22.8 Å². The van der Waals surface area contributed by atoms with E-state index in [1.807, 2.05) is 6.92 Å². The van der Waals surface area contributed by atoms with Gasteiger partial charge in [0.05, 0.1) is 9.48 Å². The maximum atomic E-state index is 14.1. The average Bonchev–Trinajstić information content (AvgIpc) is 2.89. The minimum atomic E-state index is -0.528. The predicted octanol–water partition coefficient (Wildman–Crippen LogP) is 4.78. The van der Waals surface area contributed by atoms with E-state index in [1.54, 1.807) is 17.5 Å². The normalized spacial score (nSPS) is 12.6. The van der Waals surface area contributed by atoms with Gasteiger partial charge in [0.2, 0.25) is 0 Å². The number of nitrogens with one attached hydrogen (secondary N) is 1. The monoisotopic (exact) mass is 374 g/mol. The van der Waals surface area contributed by atoms with Crippen molar-refractivity contribution in [3.8, 4) is 0 Å². The van der Waals surface area contributed by atoms with Crippen LogP contribution in [0.4, 0.5) is 8.78 Å². The van der Waals surface area contributed by atoms with Crippen LogP contribution < -0.4 is 5.32 Å². The van der Waals surface area contributed by atoms with Crippen LogP contribution in [0.5, 0.6) is 0 Å². The zero-order valence-electron chi connectivity index (χ0n) is 11.9. The van der Waals surface area contributed by atoms with Gasteiger partial charge in [0.1, 0.15) is 11.6 Å². The molecule has 1 atom stereocenters. The molecule has 0 spiro atoms. The van der Waals surface area contributed by atoms with Crippen LogP contribution in [0.1, 0.15) is 34.8 Å². The van der Waals surface area contributed by atoms with Gasteiger partial charge in [-0.2, -0.15) is 0 Å². The Morgan fingerprint density at radius 3 is 2.76 bits per heavy atom. The Morgan fingerprint density at radius 1 is 1.38 bits per heavy atom. The van der Waals surface area contributed by atoms with Gasteiger partial charge in [-0.1, -0.05) is 6.92 Å². The van der Waals surface area contributed by atoms with E-state index in [4.69, 9.17) is 0 Å². The molecule has 0 bridgehead atoms. The standard InChI is InChI=1S/C15H17BrF2N2S/c1-3-6-19-13(14-8-20-9(2)21-14)7-10-12(17)5-4-11(16)15(10)18/h4-5,8,13,19H,3,6-7H2,1-2H3. The number of nitrogens with zero attached hydrogens (tertiary/aromatic N) is 1. The number of thiazole rings is 1. The van der Waals surface area contributed by atoms with Gasteiger partial charge in [-0.05, 0) is 54.4 Å². The highest BCUT2D eigenvalue weighted by molar-refractivity contribution is 9.10. The minimum absolute atomic E-state index is 0.101. The Kier molecular flexibility index (Phi) is 5.84. The summed E-state index contributed by atoms with van der Waals surface area (Å²) in [6, 6.07) is 2.55.